The Morgan fingerprint density at radius 3 is 2.52 bits per heavy atom. The van der Waals surface area contributed by atoms with E-state index in [0.717, 1.165) is 16.8 Å². The molecule has 3 amide bonds. The first kappa shape index (κ1) is 17.0. The molecule has 126 valence electrons. The number of hydrogen-bond acceptors (Lipinski definition) is 5. The van der Waals surface area contributed by atoms with Gasteiger partial charge in [-0.3, -0.25) is 4.79 Å². The number of phenols is 1. The summed E-state index contributed by atoms with van der Waals surface area (Å²) in [5.74, 6) is -0.399. The van der Waals surface area contributed by atoms with Gasteiger partial charge < -0.3 is 10.4 Å². The second-order valence-corrected chi connectivity index (χ2v) is 6.68. The number of para-hydroxylation sites is 2. The van der Waals surface area contributed by atoms with Crippen molar-refractivity contribution < 1.29 is 14.7 Å². The van der Waals surface area contributed by atoms with Gasteiger partial charge in [-0.15, -0.1) is 0 Å². The number of urea groups is 1. The molecule has 3 N–H and O–H groups in total. The summed E-state index contributed by atoms with van der Waals surface area (Å²) in [7, 11) is 0. The molecular formula is C17H13N3O3S2. The lowest BCUT2D eigenvalue weighted by molar-refractivity contribution is -0.123. The molecule has 2 aromatic rings. The highest BCUT2D eigenvalue weighted by Crippen LogP contribution is 2.32. The van der Waals surface area contributed by atoms with Gasteiger partial charge in [-0.25, -0.2) is 10.2 Å². The average Bonchev–Trinajstić information content (AvgIpc) is 2.85. The van der Waals surface area contributed by atoms with Gasteiger partial charge in [0.1, 0.15) is 5.75 Å². The van der Waals surface area contributed by atoms with Crippen molar-refractivity contribution in [2.24, 2.45) is 0 Å². The van der Waals surface area contributed by atoms with E-state index >= 15 is 0 Å². The Bertz CT molecular complexity index is 868. The number of carbonyl (C=O) groups is 2. The van der Waals surface area contributed by atoms with Crippen molar-refractivity contribution in [1.29, 1.82) is 0 Å². The highest BCUT2D eigenvalue weighted by atomic mass is 32.2. The van der Waals surface area contributed by atoms with Crippen LogP contribution in [0.15, 0.2) is 59.5 Å². The Kier molecular flexibility index (Phi) is 5.01. The molecule has 0 aromatic heterocycles. The molecule has 0 bridgehead atoms. The van der Waals surface area contributed by atoms with Crippen LogP contribution in [0.25, 0.3) is 6.08 Å². The zero-order chi connectivity index (χ0) is 17.8. The predicted molar refractivity (Wildman–Crippen MR) is 102 cm³/mol. The van der Waals surface area contributed by atoms with E-state index in [-0.39, 0.29) is 10.1 Å². The van der Waals surface area contributed by atoms with Crippen LogP contribution in [0.4, 0.5) is 10.5 Å². The van der Waals surface area contributed by atoms with Gasteiger partial charge in [0.25, 0.3) is 5.91 Å². The van der Waals surface area contributed by atoms with Crippen LogP contribution in [-0.2, 0) is 4.79 Å². The monoisotopic (exact) mass is 371 g/mol. The van der Waals surface area contributed by atoms with Crippen LogP contribution in [0, 0.1) is 0 Å². The number of thioether (sulfide) groups is 1. The molecule has 8 heteroatoms. The summed E-state index contributed by atoms with van der Waals surface area (Å²) in [6.07, 6.45) is 1.53. The SMILES string of the molecule is O=C(Nc1ccccc1)NN1C(=O)C(=Cc2ccccc2O)SC1=S. The van der Waals surface area contributed by atoms with Gasteiger partial charge in [0.05, 0.1) is 4.91 Å². The summed E-state index contributed by atoms with van der Waals surface area (Å²) < 4.78 is 0.204. The maximum Gasteiger partial charge on any atom is 0.338 e. The molecule has 1 fully saturated rings. The predicted octanol–water partition coefficient (Wildman–Crippen LogP) is 3.33. The van der Waals surface area contributed by atoms with Gasteiger partial charge in [-0.05, 0) is 36.5 Å². The van der Waals surface area contributed by atoms with Crippen LogP contribution >= 0.6 is 24.0 Å². The number of anilines is 1. The Balaban J connectivity index is 1.71. The number of nitrogens with one attached hydrogen (secondary N) is 2. The lowest BCUT2D eigenvalue weighted by atomic mass is 10.2. The van der Waals surface area contributed by atoms with Crippen molar-refractivity contribution in [1.82, 2.24) is 10.4 Å². The van der Waals surface area contributed by atoms with Gasteiger partial charge in [-0.2, -0.15) is 5.01 Å². The van der Waals surface area contributed by atoms with Crippen molar-refractivity contribution in [2.75, 3.05) is 5.32 Å². The number of amides is 3. The summed E-state index contributed by atoms with van der Waals surface area (Å²) in [4.78, 5) is 24.8. The topological polar surface area (TPSA) is 81.7 Å². The number of carbonyl (C=O) groups excluding carboxylic acids is 2. The first-order valence-electron chi connectivity index (χ1n) is 7.23. The molecule has 6 nitrogen and oxygen atoms in total. The largest absolute Gasteiger partial charge is 0.507 e. The zero-order valence-electron chi connectivity index (χ0n) is 12.8. The van der Waals surface area contributed by atoms with E-state index in [1.165, 1.54) is 12.1 Å². The van der Waals surface area contributed by atoms with Crippen LogP contribution in [0.3, 0.4) is 0 Å². The zero-order valence-corrected chi connectivity index (χ0v) is 14.4. The second-order valence-electron chi connectivity index (χ2n) is 5.01. The fourth-order valence-corrected chi connectivity index (χ4v) is 3.27. The second kappa shape index (κ2) is 7.37. The fourth-order valence-electron chi connectivity index (χ4n) is 2.10. The molecule has 0 unspecified atom stereocenters. The summed E-state index contributed by atoms with van der Waals surface area (Å²) in [5.41, 5.74) is 3.52. The molecule has 0 atom stereocenters. The molecule has 0 aliphatic carbocycles. The minimum atomic E-state index is -0.577. The van der Waals surface area contributed by atoms with Gasteiger partial charge in [0.15, 0.2) is 4.32 Å². The fraction of sp³-hybridized carbons (Fsp3) is 0. The molecule has 25 heavy (non-hydrogen) atoms. The van der Waals surface area contributed by atoms with Gasteiger partial charge in [0, 0.05) is 11.3 Å². The Morgan fingerprint density at radius 1 is 1.12 bits per heavy atom. The number of rotatable bonds is 3. The van der Waals surface area contributed by atoms with Crippen molar-refractivity contribution in [2.45, 2.75) is 0 Å². The maximum absolute atomic E-state index is 12.4. The number of hydrogen-bond donors (Lipinski definition) is 3. The third kappa shape index (κ3) is 3.98. The quantitative estimate of drug-likeness (QED) is 0.570. The standard InChI is InChI=1S/C17H13N3O3S2/c21-13-9-5-4-6-11(13)10-14-15(22)20(17(24)25-14)19-16(23)18-12-7-2-1-3-8-12/h1-10,21H,(H2,18,19,23). The van der Waals surface area contributed by atoms with E-state index in [1.807, 2.05) is 6.07 Å². The highest BCUT2D eigenvalue weighted by molar-refractivity contribution is 8.26. The number of hydrazine groups is 1. The normalized spacial score (nSPS) is 15.5. The molecule has 3 rings (SSSR count). The Hall–Kier alpha value is -2.84. The van der Waals surface area contributed by atoms with E-state index in [4.69, 9.17) is 12.2 Å². The number of phenolic OH excluding ortho intramolecular Hbond substituents is 1. The number of thiocarbonyl (C=S) groups is 1. The Labute approximate surface area is 153 Å². The molecular weight excluding hydrogens is 358 g/mol. The Morgan fingerprint density at radius 2 is 1.80 bits per heavy atom. The summed E-state index contributed by atoms with van der Waals surface area (Å²) in [6.45, 7) is 0. The summed E-state index contributed by atoms with van der Waals surface area (Å²) in [5, 5.41) is 13.4. The van der Waals surface area contributed by atoms with Crippen LogP contribution in [-0.4, -0.2) is 26.4 Å². The highest BCUT2D eigenvalue weighted by Gasteiger charge is 2.33. The van der Waals surface area contributed by atoms with E-state index < -0.39 is 11.9 Å². The van der Waals surface area contributed by atoms with Gasteiger partial charge >= 0.3 is 6.03 Å². The first-order chi connectivity index (χ1) is 12.0. The first-order valence-corrected chi connectivity index (χ1v) is 8.46. The van der Waals surface area contributed by atoms with E-state index in [9.17, 15) is 14.7 Å². The van der Waals surface area contributed by atoms with Crippen molar-refractivity contribution >= 4 is 52.0 Å². The summed E-state index contributed by atoms with van der Waals surface area (Å²) in [6, 6.07) is 14.9. The van der Waals surface area contributed by atoms with E-state index in [2.05, 4.69) is 10.7 Å². The maximum atomic E-state index is 12.4. The molecule has 0 radical (unpaired) electrons. The minimum absolute atomic E-state index is 0.0579. The van der Waals surface area contributed by atoms with Crippen molar-refractivity contribution in [3.05, 3.63) is 65.1 Å². The molecule has 1 heterocycles. The van der Waals surface area contributed by atoms with E-state index in [0.29, 0.717) is 16.2 Å². The molecule has 0 saturated carbocycles. The number of nitrogens with zero attached hydrogens (tertiary/aromatic N) is 1. The minimum Gasteiger partial charge on any atom is -0.507 e. The lowest BCUT2D eigenvalue weighted by Gasteiger charge is -2.16. The number of benzene rings is 2. The number of aromatic hydroxyl groups is 1. The van der Waals surface area contributed by atoms with Crippen LogP contribution < -0.4 is 10.7 Å². The van der Waals surface area contributed by atoms with E-state index in [1.54, 1.807) is 42.5 Å². The summed E-state index contributed by atoms with van der Waals surface area (Å²) >= 11 is 6.20. The molecule has 1 aliphatic rings. The van der Waals surface area contributed by atoms with Crippen molar-refractivity contribution in [3.8, 4) is 5.75 Å². The molecule has 2 aromatic carbocycles. The lowest BCUT2D eigenvalue weighted by Crippen LogP contribution is -2.46. The van der Waals surface area contributed by atoms with Crippen LogP contribution in [0.1, 0.15) is 5.56 Å². The van der Waals surface area contributed by atoms with Gasteiger partial charge in [-0.1, -0.05) is 48.2 Å². The van der Waals surface area contributed by atoms with Crippen molar-refractivity contribution in [3.63, 3.8) is 0 Å². The van der Waals surface area contributed by atoms with Crippen LogP contribution in [0.2, 0.25) is 0 Å². The van der Waals surface area contributed by atoms with Crippen LogP contribution in [0.5, 0.6) is 5.75 Å². The third-order valence-corrected chi connectivity index (χ3v) is 4.56. The smallest absolute Gasteiger partial charge is 0.338 e. The van der Waals surface area contributed by atoms with Gasteiger partial charge in [0.2, 0.25) is 0 Å². The molecule has 1 aliphatic heterocycles. The molecule has 0 spiro atoms. The molecule has 1 saturated heterocycles. The average molecular weight is 371 g/mol. The third-order valence-electron chi connectivity index (χ3n) is 3.26.